The van der Waals surface area contributed by atoms with E-state index < -0.39 is 5.91 Å². The SMILES string of the molecule is C=CCc1cc(/C=C(\C#N)C(=O)Nc2cccc(Cl)c2)cc(OCC)c1OCC. The maximum Gasteiger partial charge on any atom is 0.266 e. The summed E-state index contributed by atoms with van der Waals surface area (Å²) in [5, 5.41) is 12.7. The summed E-state index contributed by atoms with van der Waals surface area (Å²) in [5.74, 6) is 0.688. The number of allylic oxidation sites excluding steroid dienone is 1. The zero-order valence-corrected chi connectivity index (χ0v) is 17.3. The van der Waals surface area contributed by atoms with E-state index in [4.69, 9.17) is 21.1 Å². The summed E-state index contributed by atoms with van der Waals surface area (Å²) in [6.07, 6.45) is 3.84. The Balaban J connectivity index is 2.41. The molecule has 150 valence electrons. The van der Waals surface area contributed by atoms with Crippen LogP contribution in [-0.4, -0.2) is 19.1 Å². The summed E-state index contributed by atoms with van der Waals surface area (Å²) in [6.45, 7) is 8.51. The summed E-state index contributed by atoms with van der Waals surface area (Å²) in [7, 11) is 0. The number of halogens is 1. The van der Waals surface area contributed by atoms with E-state index in [-0.39, 0.29) is 5.57 Å². The highest BCUT2D eigenvalue weighted by molar-refractivity contribution is 6.31. The molecule has 0 spiro atoms. The van der Waals surface area contributed by atoms with Crippen LogP contribution in [-0.2, 0) is 11.2 Å². The number of hydrogen-bond donors (Lipinski definition) is 1. The van der Waals surface area contributed by atoms with Crippen molar-refractivity contribution in [3.63, 3.8) is 0 Å². The minimum Gasteiger partial charge on any atom is -0.490 e. The van der Waals surface area contributed by atoms with Gasteiger partial charge in [-0.15, -0.1) is 6.58 Å². The quantitative estimate of drug-likeness (QED) is 0.340. The highest BCUT2D eigenvalue weighted by atomic mass is 35.5. The van der Waals surface area contributed by atoms with Gasteiger partial charge in [0.15, 0.2) is 11.5 Å². The molecule has 0 aliphatic heterocycles. The third kappa shape index (κ3) is 6.13. The van der Waals surface area contributed by atoms with Gasteiger partial charge in [-0.05, 0) is 62.2 Å². The molecule has 0 atom stereocenters. The van der Waals surface area contributed by atoms with Crippen LogP contribution in [0.15, 0.2) is 54.6 Å². The Morgan fingerprint density at radius 2 is 2.00 bits per heavy atom. The van der Waals surface area contributed by atoms with Gasteiger partial charge in [0.05, 0.1) is 13.2 Å². The van der Waals surface area contributed by atoms with Crippen LogP contribution in [0.2, 0.25) is 5.02 Å². The average molecular weight is 411 g/mol. The second kappa shape index (κ2) is 10.9. The monoisotopic (exact) mass is 410 g/mol. The van der Waals surface area contributed by atoms with Crippen LogP contribution in [0.25, 0.3) is 6.08 Å². The van der Waals surface area contributed by atoms with E-state index >= 15 is 0 Å². The van der Waals surface area contributed by atoms with E-state index in [1.54, 1.807) is 36.4 Å². The maximum atomic E-state index is 12.5. The van der Waals surface area contributed by atoms with Crippen LogP contribution < -0.4 is 14.8 Å². The molecule has 0 aliphatic carbocycles. The van der Waals surface area contributed by atoms with Gasteiger partial charge >= 0.3 is 0 Å². The maximum absolute atomic E-state index is 12.5. The number of ether oxygens (including phenoxy) is 2. The zero-order valence-electron chi connectivity index (χ0n) is 16.5. The normalized spacial score (nSPS) is 10.8. The molecule has 6 heteroatoms. The minimum absolute atomic E-state index is 0.0406. The van der Waals surface area contributed by atoms with Gasteiger partial charge in [0.2, 0.25) is 0 Å². The van der Waals surface area contributed by atoms with E-state index in [2.05, 4.69) is 11.9 Å². The van der Waals surface area contributed by atoms with Gasteiger partial charge in [0, 0.05) is 16.3 Å². The van der Waals surface area contributed by atoms with Crippen LogP contribution >= 0.6 is 11.6 Å². The molecule has 29 heavy (non-hydrogen) atoms. The van der Waals surface area contributed by atoms with Gasteiger partial charge in [-0.25, -0.2) is 0 Å². The molecule has 0 saturated heterocycles. The smallest absolute Gasteiger partial charge is 0.266 e. The number of amides is 1. The van der Waals surface area contributed by atoms with Gasteiger partial charge in [-0.1, -0.05) is 23.7 Å². The summed E-state index contributed by atoms with van der Waals surface area (Å²) in [5.41, 5.74) is 2.00. The number of hydrogen-bond acceptors (Lipinski definition) is 4. The van der Waals surface area contributed by atoms with Crippen LogP contribution in [0.4, 0.5) is 5.69 Å². The first-order chi connectivity index (χ1) is 14.0. The topological polar surface area (TPSA) is 71.4 Å². The number of nitrogens with one attached hydrogen (secondary N) is 1. The van der Waals surface area contributed by atoms with Crippen LogP contribution in [0.5, 0.6) is 11.5 Å². The van der Waals surface area contributed by atoms with Gasteiger partial charge in [0.1, 0.15) is 11.6 Å². The first-order valence-electron chi connectivity index (χ1n) is 9.24. The molecule has 5 nitrogen and oxygen atoms in total. The molecule has 0 radical (unpaired) electrons. The minimum atomic E-state index is -0.521. The number of carbonyl (C=O) groups excluding carboxylic acids is 1. The lowest BCUT2D eigenvalue weighted by Crippen LogP contribution is -2.13. The standard InChI is InChI=1S/C23H23ClN2O3/c1-4-8-17-11-16(13-21(28-5-2)22(17)29-6-3)12-18(15-25)23(27)26-20-10-7-9-19(24)14-20/h4,7,9-14H,1,5-6,8H2,2-3H3,(H,26,27)/b18-12+. The number of rotatable bonds is 9. The third-order valence-corrected chi connectivity index (χ3v) is 4.10. The second-order valence-corrected chi connectivity index (χ2v) is 6.44. The first kappa shape index (κ1) is 22.1. The van der Waals surface area contributed by atoms with Crippen LogP contribution in [0.3, 0.4) is 0 Å². The van der Waals surface area contributed by atoms with Gasteiger partial charge < -0.3 is 14.8 Å². The second-order valence-electron chi connectivity index (χ2n) is 6.00. The Morgan fingerprint density at radius 1 is 1.24 bits per heavy atom. The van der Waals surface area contributed by atoms with Crippen molar-refractivity contribution < 1.29 is 14.3 Å². The average Bonchev–Trinajstić information content (AvgIpc) is 2.69. The van der Waals surface area contributed by atoms with Gasteiger partial charge in [0.25, 0.3) is 5.91 Å². The fraction of sp³-hybridized carbons (Fsp3) is 0.217. The molecule has 0 unspecified atom stereocenters. The Kier molecular flexibility index (Phi) is 8.32. The van der Waals surface area contributed by atoms with E-state index in [1.807, 2.05) is 26.0 Å². The molecule has 0 saturated carbocycles. The lowest BCUT2D eigenvalue weighted by Gasteiger charge is -2.16. The molecule has 0 bridgehead atoms. The largest absolute Gasteiger partial charge is 0.490 e. The van der Waals surface area contributed by atoms with Crippen molar-refractivity contribution in [2.75, 3.05) is 18.5 Å². The van der Waals surface area contributed by atoms with E-state index in [1.165, 1.54) is 6.08 Å². The van der Waals surface area contributed by atoms with Crippen molar-refractivity contribution in [1.82, 2.24) is 0 Å². The fourth-order valence-corrected chi connectivity index (χ4v) is 2.92. The van der Waals surface area contributed by atoms with Crippen molar-refractivity contribution in [2.45, 2.75) is 20.3 Å². The number of carbonyl (C=O) groups is 1. The van der Waals surface area contributed by atoms with Crippen molar-refractivity contribution in [3.05, 3.63) is 70.8 Å². The molecule has 1 amide bonds. The molecular weight excluding hydrogens is 388 g/mol. The summed E-state index contributed by atoms with van der Waals surface area (Å²) in [4.78, 5) is 12.5. The van der Waals surface area contributed by atoms with Gasteiger partial charge in [-0.3, -0.25) is 4.79 Å². The predicted octanol–water partition coefficient (Wildman–Crippen LogP) is 5.41. The molecule has 0 aromatic heterocycles. The fourth-order valence-electron chi connectivity index (χ4n) is 2.72. The number of anilines is 1. The highest BCUT2D eigenvalue weighted by Gasteiger charge is 2.15. The summed E-state index contributed by atoms with van der Waals surface area (Å²) >= 11 is 5.94. The number of nitrogens with zero attached hydrogens (tertiary/aromatic N) is 1. The molecule has 2 rings (SSSR count). The molecule has 2 aromatic rings. The Hall–Kier alpha value is -3.23. The predicted molar refractivity (Wildman–Crippen MR) is 116 cm³/mol. The van der Waals surface area contributed by atoms with E-state index in [9.17, 15) is 10.1 Å². The Morgan fingerprint density at radius 3 is 2.62 bits per heavy atom. The lowest BCUT2D eigenvalue weighted by atomic mass is 10.0. The molecular formula is C23H23ClN2O3. The molecule has 1 N–H and O–H groups in total. The van der Waals surface area contributed by atoms with Gasteiger partial charge in [-0.2, -0.15) is 5.26 Å². The van der Waals surface area contributed by atoms with Crippen molar-refractivity contribution in [3.8, 4) is 17.6 Å². The molecule has 0 aliphatic rings. The summed E-state index contributed by atoms with van der Waals surface area (Å²) < 4.78 is 11.5. The van der Waals surface area contributed by atoms with Crippen LogP contribution in [0, 0.1) is 11.3 Å². The lowest BCUT2D eigenvalue weighted by molar-refractivity contribution is -0.112. The molecule has 0 fully saturated rings. The number of benzene rings is 2. The van der Waals surface area contributed by atoms with E-state index in [0.29, 0.717) is 47.4 Å². The summed E-state index contributed by atoms with van der Waals surface area (Å²) in [6, 6.07) is 12.3. The molecule has 0 heterocycles. The van der Waals surface area contributed by atoms with E-state index in [0.717, 1.165) is 5.56 Å². The highest BCUT2D eigenvalue weighted by Crippen LogP contribution is 2.34. The van der Waals surface area contributed by atoms with Crippen molar-refractivity contribution in [1.29, 1.82) is 5.26 Å². The first-order valence-corrected chi connectivity index (χ1v) is 9.62. The van der Waals surface area contributed by atoms with Crippen molar-refractivity contribution in [2.24, 2.45) is 0 Å². The zero-order chi connectivity index (χ0) is 21.2. The third-order valence-electron chi connectivity index (χ3n) is 3.87. The van der Waals surface area contributed by atoms with Crippen molar-refractivity contribution >= 4 is 29.3 Å². The molecule has 2 aromatic carbocycles. The van der Waals surface area contributed by atoms with Crippen LogP contribution in [0.1, 0.15) is 25.0 Å². The Bertz CT molecular complexity index is 961. The number of nitriles is 1. The Labute approximate surface area is 176 Å².